The van der Waals surface area contributed by atoms with Gasteiger partial charge in [0.1, 0.15) is 11.6 Å². The lowest BCUT2D eigenvalue weighted by Gasteiger charge is -2.28. The van der Waals surface area contributed by atoms with Crippen molar-refractivity contribution in [2.75, 3.05) is 13.1 Å². The van der Waals surface area contributed by atoms with Crippen LogP contribution < -0.4 is 0 Å². The predicted octanol–water partition coefficient (Wildman–Crippen LogP) is 7.03. The van der Waals surface area contributed by atoms with Crippen LogP contribution in [0, 0.1) is 11.6 Å². The minimum Gasteiger partial charge on any atom is -0.375 e. The molecule has 0 unspecified atom stereocenters. The summed E-state index contributed by atoms with van der Waals surface area (Å²) < 4.78 is 26.9. The molecule has 0 spiro atoms. The van der Waals surface area contributed by atoms with Crippen LogP contribution in [0.25, 0.3) is 11.1 Å². The molecule has 0 aliphatic carbocycles. The van der Waals surface area contributed by atoms with E-state index in [1.807, 2.05) is 18.2 Å². The average Bonchev–Trinajstić information content (AvgIpc) is 2.53. The molecule has 0 saturated carbocycles. The number of hydrogen-bond acceptors (Lipinski definition) is 1. The zero-order valence-electron chi connectivity index (χ0n) is 15.3. The molecule has 0 bridgehead atoms. The topological polar surface area (TPSA) is 3.24 Å². The van der Waals surface area contributed by atoms with Gasteiger partial charge in [-0.1, -0.05) is 49.6 Å². The molecule has 1 aliphatic rings. The Kier molecular flexibility index (Phi) is 8.12. The Hall–Kier alpha value is -1.58. The largest absolute Gasteiger partial charge is 0.375 e. The van der Waals surface area contributed by atoms with Crippen molar-refractivity contribution in [3.63, 3.8) is 0 Å². The van der Waals surface area contributed by atoms with Crippen LogP contribution in [0.5, 0.6) is 0 Å². The van der Waals surface area contributed by atoms with E-state index >= 15 is 0 Å². The van der Waals surface area contributed by atoms with E-state index in [0.29, 0.717) is 16.1 Å². The van der Waals surface area contributed by atoms with Gasteiger partial charge in [0.2, 0.25) is 0 Å². The van der Waals surface area contributed by atoms with Crippen molar-refractivity contribution in [2.45, 2.75) is 38.5 Å². The van der Waals surface area contributed by atoms with Crippen molar-refractivity contribution >= 4 is 24.0 Å². The standard InChI is InChI=1S/C22H24ClF2N.ClH/c1-16(26-9-5-3-2-4-6-10-26)11-17-7-8-21(22(23)12-17)18-13-19(24)15-20(25)14-18;/h7-8,12-15H,1-6,9-11H2;1H. The van der Waals surface area contributed by atoms with Crippen LogP contribution in [-0.4, -0.2) is 18.0 Å². The van der Waals surface area contributed by atoms with Gasteiger partial charge in [-0.2, -0.15) is 0 Å². The molecule has 0 N–H and O–H groups in total. The first-order chi connectivity index (χ1) is 12.5. The van der Waals surface area contributed by atoms with Crippen LogP contribution in [-0.2, 0) is 6.42 Å². The second kappa shape index (κ2) is 10.1. The summed E-state index contributed by atoms with van der Waals surface area (Å²) in [7, 11) is 0. The Balaban J connectivity index is 0.00000261. The second-order valence-electron chi connectivity index (χ2n) is 6.97. The fourth-order valence-electron chi connectivity index (χ4n) is 3.52. The third-order valence-corrected chi connectivity index (χ3v) is 5.23. The summed E-state index contributed by atoms with van der Waals surface area (Å²) in [5.74, 6) is -1.21. The normalized spacial score (nSPS) is 14.9. The van der Waals surface area contributed by atoms with E-state index in [1.54, 1.807) is 0 Å². The number of nitrogens with zero attached hydrogens (tertiary/aromatic N) is 1. The smallest absolute Gasteiger partial charge is 0.126 e. The Morgan fingerprint density at radius 3 is 2.11 bits per heavy atom. The molecule has 0 amide bonds. The van der Waals surface area contributed by atoms with Crippen molar-refractivity contribution < 1.29 is 8.78 Å². The van der Waals surface area contributed by atoms with Crippen molar-refractivity contribution in [1.82, 2.24) is 4.90 Å². The number of hydrogen-bond donors (Lipinski definition) is 0. The predicted molar refractivity (Wildman–Crippen MR) is 112 cm³/mol. The summed E-state index contributed by atoms with van der Waals surface area (Å²) >= 11 is 6.40. The van der Waals surface area contributed by atoms with E-state index in [-0.39, 0.29) is 12.4 Å². The summed E-state index contributed by atoms with van der Waals surface area (Å²) in [6.07, 6.45) is 7.06. The van der Waals surface area contributed by atoms with Crippen molar-refractivity contribution in [1.29, 1.82) is 0 Å². The summed E-state index contributed by atoms with van der Waals surface area (Å²) in [5.41, 5.74) is 3.24. The SMILES string of the molecule is C=C(Cc1ccc(-c2cc(F)cc(F)c2)c(Cl)c1)N1CCCCCCC1.Cl. The molecule has 1 saturated heterocycles. The van der Waals surface area contributed by atoms with Gasteiger partial charge in [-0.05, 0) is 42.2 Å². The van der Waals surface area contributed by atoms with Gasteiger partial charge < -0.3 is 4.90 Å². The number of rotatable bonds is 4. The number of halogens is 4. The highest BCUT2D eigenvalue weighted by atomic mass is 35.5. The maximum atomic E-state index is 13.5. The van der Waals surface area contributed by atoms with Crippen LogP contribution in [0.4, 0.5) is 8.78 Å². The van der Waals surface area contributed by atoms with E-state index in [4.69, 9.17) is 11.6 Å². The van der Waals surface area contributed by atoms with E-state index < -0.39 is 11.6 Å². The van der Waals surface area contributed by atoms with Gasteiger partial charge in [0.05, 0.1) is 0 Å². The molecule has 1 aliphatic heterocycles. The summed E-state index contributed by atoms with van der Waals surface area (Å²) in [6.45, 7) is 6.39. The number of allylic oxidation sites excluding steroid dienone is 1. The van der Waals surface area contributed by atoms with Crippen LogP contribution >= 0.6 is 24.0 Å². The minimum absolute atomic E-state index is 0. The highest BCUT2D eigenvalue weighted by molar-refractivity contribution is 6.33. The third kappa shape index (κ3) is 5.95. The molecule has 5 heteroatoms. The quantitative estimate of drug-likeness (QED) is 0.521. The van der Waals surface area contributed by atoms with E-state index in [2.05, 4.69) is 11.5 Å². The van der Waals surface area contributed by atoms with Gasteiger partial charge in [0.25, 0.3) is 0 Å². The highest BCUT2D eigenvalue weighted by Crippen LogP contribution is 2.30. The highest BCUT2D eigenvalue weighted by Gasteiger charge is 2.12. The molecule has 27 heavy (non-hydrogen) atoms. The fraction of sp³-hybridized carbons (Fsp3) is 0.364. The number of benzene rings is 2. The van der Waals surface area contributed by atoms with Crippen LogP contribution in [0.15, 0.2) is 48.7 Å². The minimum atomic E-state index is -0.606. The summed E-state index contributed by atoms with van der Waals surface area (Å²) in [6, 6.07) is 9.10. The van der Waals surface area contributed by atoms with Gasteiger partial charge in [-0.15, -0.1) is 12.4 Å². The molecular formula is C22H25Cl2F2N. The van der Waals surface area contributed by atoms with Crippen LogP contribution in [0.1, 0.15) is 37.7 Å². The van der Waals surface area contributed by atoms with Crippen LogP contribution in [0.2, 0.25) is 5.02 Å². The number of likely N-dealkylation sites (tertiary alicyclic amines) is 1. The fourth-order valence-corrected chi connectivity index (χ4v) is 3.84. The van der Waals surface area contributed by atoms with Gasteiger partial charge in [-0.25, -0.2) is 8.78 Å². The monoisotopic (exact) mass is 411 g/mol. The molecular weight excluding hydrogens is 387 g/mol. The van der Waals surface area contributed by atoms with E-state index in [0.717, 1.165) is 36.8 Å². The van der Waals surface area contributed by atoms with Crippen molar-refractivity contribution in [3.05, 3.63) is 70.9 Å². The molecule has 2 aromatic rings. The van der Waals surface area contributed by atoms with E-state index in [9.17, 15) is 8.78 Å². The van der Waals surface area contributed by atoms with Crippen molar-refractivity contribution in [3.8, 4) is 11.1 Å². The molecule has 1 nitrogen and oxygen atoms in total. The Morgan fingerprint density at radius 2 is 1.52 bits per heavy atom. The second-order valence-corrected chi connectivity index (χ2v) is 7.38. The molecule has 0 radical (unpaired) electrons. The average molecular weight is 412 g/mol. The Morgan fingerprint density at radius 1 is 0.926 bits per heavy atom. The lowest BCUT2D eigenvalue weighted by atomic mass is 10.0. The molecule has 3 rings (SSSR count). The molecule has 146 valence electrons. The van der Waals surface area contributed by atoms with Crippen molar-refractivity contribution in [2.24, 2.45) is 0 Å². The first-order valence-corrected chi connectivity index (χ1v) is 9.58. The first kappa shape index (κ1) is 21.7. The van der Waals surface area contributed by atoms with Gasteiger partial charge in [0.15, 0.2) is 0 Å². The lowest BCUT2D eigenvalue weighted by Crippen LogP contribution is -2.27. The molecule has 0 aromatic heterocycles. The summed E-state index contributed by atoms with van der Waals surface area (Å²) in [5, 5.41) is 0.493. The van der Waals surface area contributed by atoms with Crippen LogP contribution in [0.3, 0.4) is 0 Å². The zero-order chi connectivity index (χ0) is 18.5. The summed E-state index contributed by atoms with van der Waals surface area (Å²) in [4.78, 5) is 2.38. The Labute approximate surface area is 171 Å². The molecule has 2 aromatic carbocycles. The lowest BCUT2D eigenvalue weighted by molar-refractivity contribution is 0.301. The van der Waals surface area contributed by atoms with Gasteiger partial charge in [-0.3, -0.25) is 0 Å². The maximum absolute atomic E-state index is 13.5. The first-order valence-electron chi connectivity index (χ1n) is 9.20. The molecule has 1 heterocycles. The maximum Gasteiger partial charge on any atom is 0.126 e. The Bertz CT molecular complexity index is 764. The van der Waals surface area contributed by atoms with E-state index in [1.165, 1.54) is 44.2 Å². The van der Waals surface area contributed by atoms with Gasteiger partial charge in [0, 0.05) is 41.9 Å². The molecule has 1 fully saturated rings. The zero-order valence-corrected chi connectivity index (χ0v) is 16.9. The van der Waals surface area contributed by atoms with Gasteiger partial charge >= 0.3 is 0 Å². The molecule has 0 atom stereocenters. The third-order valence-electron chi connectivity index (χ3n) is 4.92.